The molecule has 0 aliphatic rings. The highest BCUT2D eigenvalue weighted by Gasteiger charge is 2.30. The van der Waals surface area contributed by atoms with E-state index in [2.05, 4.69) is 4.98 Å². The monoisotopic (exact) mass is 231 g/mol. The quantitative estimate of drug-likeness (QED) is 0.853. The van der Waals surface area contributed by atoms with Gasteiger partial charge in [-0.25, -0.2) is 0 Å². The molecule has 1 aromatic carbocycles. The lowest BCUT2D eigenvalue weighted by Gasteiger charge is -2.28. The van der Waals surface area contributed by atoms with Crippen LogP contribution in [-0.2, 0) is 0 Å². The number of hydrogen-bond acceptors (Lipinski definition) is 3. The zero-order valence-corrected chi connectivity index (χ0v) is 10.1. The lowest BCUT2D eigenvalue weighted by Crippen LogP contribution is -2.31. The molecule has 2 atom stereocenters. The van der Waals surface area contributed by atoms with E-state index < -0.39 is 11.7 Å². The predicted molar refractivity (Wildman–Crippen MR) is 67.6 cm³/mol. The number of rotatable bonds is 3. The largest absolute Gasteiger partial charge is 0.387 e. The van der Waals surface area contributed by atoms with Gasteiger partial charge < -0.3 is 10.2 Å². The van der Waals surface area contributed by atoms with Gasteiger partial charge in [0.15, 0.2) is 0 Å². The van der Waals surface area contributed by atoms with E-state index in [1.807, 2.05) is 31.2 Å². The molecule has 2 unspecified atom stereocenters. The van der Waals surface area contributed by atoms with Crippen LogP contribution >= 0.6 is 0 Å². The van der Waals surface area contributed by atoms with Gasteiger partial charge in [-0.2, -0.15) is 0 Å². The Morgan fingerprint density at radius 2 is 2.12 bits per heavy atom. The van der Waals surface area contributed by atoms with Crippen LogP contribution < -0.4 is 0 Å². The van der Waals surface area contributed by atoms with Crippen molar-refractivity contribution in [1.82, 2.24) is 4.98 Å². The van der Waals surface area contributed by atoms with Crippen molar-refractivity contribution in [3.8, 4) is 0 Å². The van der Waals surface area contributed by atoms with Gasteiger partial charge in [0.1, 0.15) is 6.10 Å². The molecule has 2 aromatic rings. The third-order valence-corrected chi connectivity index (χ3v) is 3.31. The van der Waals surface area contributed by atoms with Gasteiger partial charge in [-0.1, -0.05) is 25.1 Å². The fraction of sp³-hybridized carbons (Fsp3) is 0.357. The van der Waals surface area contributed by atoms with E-state index in [0.717, 1.165) is 16.3 Å². The number of hydrogen-bond donors (Lipinski definition) is 2. The van der Waals surface area contributed by atoms with E-state index in [9.17, 15) is 10.2 Å². The summed E-state index contributed by atoms with van der Waals surface area (Å²) in [6, 6.07) is 7.52. The lowest BCUT2D eigenvalue weighted by molar-refractivity contribution is -0.0651. The topological polar surface area (TPSA) is 53.4 Å². The van der Waals surface area contributed by atoms with Gasteiger partial charge in [0.25, 0.3) is 0 Å². The van der Waals surface area contributed by atoms with E-state index in [0.29, 0.717) is 6.42 Å². The zero-order chi connectivity index (χ0) is 12.5. The van der Waals surface area contributed by atoms with Crippen molar-refractivity contribution in [2.24, 2.45) is 0 Å². The Labute approximate surface area is 101 Å². The van der Waals surface area contributed by atoms with E-state index in [-0.39, 0.29) is 0 Å². The van der Waals surface area contributed by atoms with Crippen LogP contribution in [0, 0.1) is 0 Å². The van der Waals surface area contributed by atoms with Crippen LogP contribution in [-0.4, -0.2) is 20.8 Å². The first-order valence-corrected chi connectivity index (χ1v) is 5.79. The number of aromatic nitrogens is 1. The fourth-order valence-corrected chi connectivity index (χ4v) is 1.91. The van der Waals surface area contributed by atoms with Gasteiger partial charge in [-0.05, 0) is 30.4 Å². The summed E-state index contributed by atoms with van der Waals surface area (Å²) in [7, 11) is 0. The number of pyridine rings is 1. The molecule has 2 N–H and O–H groups in total. The maximum absolute atomic E-state index is 10.3. The molecule has 3 nitrogen and oxygen atoms in total. The molecule has 1 aromatic heterocycles. The summed E-state index contributed by atoms with van der Waals surface area (Å²) in [6.07, 6.45) is 3.06. The minimum atomic E-state index is -1.11. The van der Waals surface area contributed by atoms with Crippen molar-refractivity contribution < 1.29 is 10.2 Å². The molecule has 17 heavy (non-hydrogen) atoms. The molecule has 3 heteroatoms. The summed E-state index contributed by atoms with van der Waals surface area (Å²) in [4.78, 5) is 4.05. The van der Waals surface area contributed by atoms with Crippen molar-refractivity contribution in [1.29, 1.82) is 0 Å². The smallest absolute Gasteiger partial charge is 0.108 e. The summed E-state index contributed by atoms with van der Waals surface area (Å²) in [5.74, 6) is 0. The average Bonchev–Trinajstić information content (AvgIpc) is 2.37. The van der Waals surface area contributed by atoms with E-state index in [4.69, 9.17) is 0 Å². The standard InChI is InChI=1S/C14H17NO2/c1-3-14(2,17)13(16)12-6-4-5-10-9-15-8-7-11(10)12/h4-9,13,16-17H,3H2,1-2H3. The molecule has 0 amide bonds. The van der Waals surface area contributed by atoms with Crippen molar-refractivity contribution in [2.45, 2.75) is 32.0 Å². The molecule has 0 fully saturated rings. The van der Waals surface area contributed by atoms with Crippen LogP contribution in [0.15, 0.2) is 36.7 Å². The van der Waals surface area contributed by atoms with Crippen LogP contribution in [0.5, 0.6) is 0 Å². The SMILES string of the molecule is CCC(C)(O)C(O)c1cccc2cnccc12. The van der Waals surface area contributed by atoms with E-state index in [1.165, 1.54) is 0 Å². The highest BCUT2D eigenvalue weighted by atomic mass is 16.3. The van der Waals surface area contributed by atoms with Gasteiger partial charge in [-0.15, -0.1) is 0 Å². The van der Waals surface area contributed by atoms with Gasteiger partial charge in [0.05, 0.1) is 5.60 Å². The molecule has 0 aliphatic carbocycles. The number of fused-ring (bicyclic) bond motifs is 1. The van der Waals surface area contributed by atoms with Gasteiger partial charge >= 0.3 is 0 Å². The fourth-order valence-electron chi connectivity index (χ4n) is 1.91. The Morgan fingerprint density at radius 3 is 2.82 bits per heavy atom. The third-order valence-electron chi connectivity index (χ3n) is 3.31. The first-order chi connectivity index (χ1) is 8.06. The summed E-state index contributed by atoms with van der Waals surface area (Å²) in [5.41, 5.74) is -0.367. The number of nitrogens with zero attached hydrogens (tertiary/aromatic N) is 1. The normalized spacial score (nSPS) is 16.7. The predicted octanol–water partition coefficient (Wildman–Crippen LogP) is 2.43. The average molecular weight is 231 g/mol. The highest BCUT2D eigenvalue weighted by Crippen LogP contribution is 2.32. The summed E-state index contributed by atoms with van der Waals surface area (Å²) in [6.45, 7) is 3.51. The second kappa shape index (κ2) is 4.43. The zero-order valence-electron chi connectivity index (χ0n) is 10.1. The minimum absolute atomic E-state index is 0.496. The third kappa shape index (κ3) is 2.16. The Morgan fingerprint density at radius 1 is 1.35 bits per heavy atom. The maximum atomic E-state index is 10.3. The molecule has 0 bridgehead atoms. The molecule has 1 heterocycles. The van der Waals surface area contributed by atoms with Crippen molar-refractivity contribution in [3.63, 3.8) is 0 Å². The number of benzene rings is 1. The van der Waals surface area contributed by atoms with Crippen LogP contribution in [0.25, 0.3) is 10.8 Å². The van der Waals surface area contributed by atoms with Crippen LogP contribution in [0.1, 0.15) is 31.9 Å². The Kier molecular flexibility index (Phi) is 3.13. The van der Waals surface area contributed by atoms with Gasteiger partial charge in [0, 0.05) is 17.8 Å². The summed E-state index contributed by atoms with van der Waals surface area (Å²) < 4.78 is 0. The van der Waals surface area contributed by atoms with Crippen LogP contribution in [0.4, 0.5) is 0 Å². The second-order valence-electron chi connectivity index (χ2n) is 4.56. The number of aliphatic hydroxyl groups is 2. The molecular formula is C14H17NO2. The Bertz CT molecular complexity index is 517. The van der Waals surface area contributed by atoms with Crippen molar-refractivity contribution >= 4 is 10.8 Å². The van der Waals surface area contributed by atoms with E-state index >= 15 is 0 Å². The van der Waals surface area contributed by atoms with Gasteiger partial charge in [-0.3, -0.25) is 4.98 Å². The molecular weight excluding hydrogens is 214 g/mol. The maximum Gasteiger partial charge on any atom is 0.108 e. The minimum Gasteiger partial charge on any atom is -0.387 e. The molecule has 0 saturated heterocycles. The number of aliphatic hydroxyl groups excluding tert-OH is 1. The molecule has 0 aliphatic heterocycles. The summed E-state index contributed by atoms with van der Waals surface area (Å²) in [5, 5.41) is 22.3. The molecule has 0 spiro atoms. The Balaban J connectivity index is 2.56. The van der Waals surface area contributed by atoms with Crippen molar-refractivity contribution in [2.75, 3.05) is 0 Å². The van der Waals surface area contributed by atoms with E-state index in [1.54, 1.807) is 19.3 Å². The Hall–Kier alpha value is -1.45. The molecule has 2 rings (SSSR count). The summed E-state index contributed by atoms with van der Waals surface area (Å²) >= 11 is 0. The van der Waals surface area contributed by atoms with Crippen molar-refractivity contribution in [3.05, 3.63) is 42.2 Å². The molecule has 90 valence electrons. The first kappa shape index (κ1) is 12.0. The first-order valence-electron chi connectivity index (χ1n) is 5.79. The van der Waals surface area contributed by atoms with Gasteiger partial charge in [0.2, 0.25) is 0 Å². The molecule has 0 radical (unpaired) electrons. The van der Waals surface area contributed by atoms with Crippen LogP contribution in [0.2, 0.25) is 0 Å². The molecule has 0 saturated carbocycles. The highest BCUT2D eigenvalue weighted by molar-refractivity contribution is 5.85. The lowest BCUT2D eigenvalue weighted by atomic mass is 9.88. The second-order valence-corrected chi connectivity index (χ2v) is 4.56. The van der Waals surface area contributed by atoms with Crippen LogP contribution in [0.3, 0.4) is 0 Å².